The van der Waals surface area contributed by atoms with E-state index in [1.165, 1.54) is 11.1 Å². The van der Waals surface area contributed by atoms with Gasteiger partial charge in [0.15, 0.2) is 5.78 Å². The maximum absolute atomic E-state index is 13.2. The molecule has 0 saturated heterocycles. The van der Waals surface area contributed by atoms with Gasteiger partial charge >= 0.3 is 0 Å². The first-order valence-corrected chi connectivity index (χ1v) is 8.90. The number of carbonyl (C=O) groups excluding carboxylic acids is 2. The number of hydrogen-bond donors (Lipinski definition) is 1. The van der Waals surface area contributed by atoms with Crippen LogP contribution < -0.4 is 5.32 Å². The fraction of sp³-hybridized carbons (Fsp3) is 0.273. The van der Waals surface area contributed by atoms with Crippen LogP contribution in [0.2, 0.25) is 0 Å². The van der Waals surface area contributed by atoms with Gasteiger partial charge in [0.2, 0.25) is 5.78 Å². The minimum atomic E-state index is -0.0113. The second-order valence-corrected chi connectivity index (χ2v) is 7.25. The van der Waals surface area contributed by atoms with E-state index in [-0.39, 0.29) is 23.4 Å². The molecule has 6 aliphatic carbocycles. The van der Waals surface area contributed by atoms with Gasteiger partial charge in [-0.15, -0.1) is 0 Å². The van der Waals surface area contributed by atoms with Crippen LogP contribution >= 0.6 is 0 Å². The van der Waals surface area contributed by atoms with E-state index in [1.54, 1.807) is 6.92 Å². The predicted molar refractivity (Wildman–Crippen MR) is 96.5 cm³/mol. The van der Waals surface area contributed by atoms with Gasteiger partial charge in [0, 0.05) is 35.1 Å². The highest BCUT2D eigenvalue weighted by atomic mass is 16.1. The molecular weight excluding hydrogens is 310 g/mol. The third-order valence-electron chi connectivity index (χ3n) is 5.83. The Labute approximate surface area is 146 Å². The summed E-state index contributed by atoms with van der Waals surface area (Å²) < 4.78 is 0. The molecule has 0 fully saturated rings. The van der Waals surface area contributed by atoms with Crippen molar-refractivity contribution in [2.75, 3.05) is 6.54 Å². The average molecular weight is 329 g/mol. The first kappa shape index (κ1) is 14.6. The molecule has 0 aromatic heterocycles. The molecule has 0 aromatic carbocycles. The summed E-state index contributed by atoms with van der Waals surface area (Å²) in [7, 11) is 0. The first-order valence-electron chi connectivity index (χ1n) is 8.90. The van der Waals surface area contributed by atoms with E-state index in [0.29, 0.717) is 29.0 Å². The van der Waals surface area contributed by atoms with Crippen LogP contribution in [-0.4, -0.2) is 18.1 Å². The van der Waals surface area contributed by atoms with Gasteiger partial charge in [0.1, 0.15) is 0 Å². The number of Topliss-reactive ketones (excluding diaryl/α,β-unsaturated/α-hetero) is 2. The van der Waals surface area contributed by atoms with Gasteiger partial charge in [-0.1, -0.05) is 36.5 Å². The summed E-state index contributed by atoms with van der Waals surface area (Å²) in [6.07, 6.45) is 16.8. The SMILES string of the molecule is CC1=C(NCC2=CCCC=C2)C(=O)C2=C(C=C3C=CC4=CC3C42)C1=O. The van der Waals surface area contributed by atoms with Crippen molar-refractivity contribution >= 4 is 11.6 Å². The van der Waals surface area contributed by atoms with Gasteiger partial charge in [-0.05, 0) is 42.6 Å². The van der Waals surface area contributed by atoms with Crippen molar-refractivity contribution in [1.29, 1.82) is 0 Å². The van der Waals surface area contributed by atoms with Gasteiger partial charge in [0.05, 0.1) is 5.70 Å². The standard InChI is InChI=1S/C22H19NO2/c1-12-20(23-11-13-5-3-2-4-6-13)22(25)19-17(21(12)24)9-14-7-8-15-10-16(14)18(15)19/h3,5-10,16,18,23H,2,4,11H2,1H3. The van der Waals surface area contributed by atoms with Crippen molar-refractivity contribution < 1.29 is 9.59 Å². The molecule has 124 valence electrons. The van der Waals surface area contributed by atoms with Gasteiger partial charge < -0.3 is 5.32 Å². The molecule has 3 nitrogen and oxygen atoms in total. The van der Waals surface area contributed by atoms with Crippen LogP contribution in [0.5, 0.6) is 0 Å². The highest BCUT2D eigenvalue weighted by Crippen LogP contribution is 2.53. The normalized spacial score (nSPS) is 29.1. The summed E-state index contributed by atoms with van der Waals surface area (Å²) in [4.78, 5) is 26.1. The highest BCUT2D eigenvalue weighted by molar-refractivity contribution is 6.26. The van der Waals surface area contributed by atoms with Crippen molar-refractivity contribution in [3.05, 3.63) is 81.7 Å². The quantitative estimate of drug-likeness (QED) is 0.809. The highest BCUT2D eigenvalue weighted by Gasteiger charge is 2.47. The Morgan fingerprint density at radius 3 is 2.68 bits per heavy atom. The molecule has 3 heteroatoms. The Balaban J connectivity index is 1.48. The number of allylic oxidation sites excluding steroid dienone is 11. The van der Waals surface area contributed by atoms with Crippen molar-refractivity contribution in [1.82, 2.24) is 5.32 Å². The van der Waals surface area contributed by atoms with E-state index >= 15 is 0 Å². The van der Waals surface area contributed by atoms with Gasteiger partial charge in [0.25, 0.3) is 0 Å². The van der Waals surface area contributed by atoms with E-state index in [9.17, 15) is 9.59 Å². The van der Waals surface area contributed by atoms with Crippen molar-refractivity contribution in [2.24, 2.45) is 11.8 Å². The molecule has 0 saturated carbocycles. The molecule has 0 aliphatic heterocycles. The Morgan fingerprint density at radius 2 is 1.92 bits per heavy atom. The Bertz CT molecular complexity index is 947. The van der Waals surface area contributed by atoms with Gasteiger partial charge in [-0.3, -0.25) is 9.59 Å². The predicted octanol–water partition coefficient (Wildman–Crippen LogP) is 3.26. The molecule has 0 spiro atoms. The molecule has 0 aromatic rings. The molecule has 1 N–H and O–H groups in total. The van der Waals surface area contributed by atoms with Crippen molar-refractivity contribution in [3.63, 3.8) is 0 Å². The zero-order valence-electron chi connectivity index (χ0n) is 14.1. The largest absolute Gasteiger partial charge is 0.377 e. The summed E-state index contributed by atoms with van der Waals surface area (Å²) in [6, 6.07) is 0. The Hall–Kier alpha value is -2.68. The number of hydrogen-bond acceptors (Lipinski definition) is 3. The zero-order chi connectivity index (χ0) is 17.1. The van der Waals surface area contributed by atoms with Crippen LogP contribution in [0.25, 0.3) is 0 Å². The summed E-state index contributed by atoms with van der Waals surface area (Å²) in [5.41, 5.74) is 5.82. The lowest BCUT2D eigenvalue weighted by molar-refractivity contribution is -0.117. The molecule has 4 bridgehead atoms. The topological polar surface area (TPSA) is 46.2 Å². The number of carbonyl (C=O) groups is 2. The maximum Gasteiger partial charge on any atom is 0.206 e. The van der Waals surface area contributed by atoms with E-state index in [4.69, 9.17) is 0 Å². The molecule has 0 heterocycles. The van der Waals surface area contributed by atoms with Crippen LogP contribution in [0, 0.1) is 11.8 Å². The van der Waals surface area contributed by atoms with Crippen LogP contribution in [-0.2, 0) is 9.59 Å². The van der Waals surface area contributed by atoms with Crippen LogP contribution in [0.1, 0.15) is 19.8 Å². The lowest BCUT2D eigenvalue weighted by Crippen LogP contribution is -2.41. The molecule has 6 aliphatic rings. The fourth-order valence-electron chi connectivity index (χ4n) is 4.42. The van der Waals surface area contributed by atoms with E-state index in [1.807, 2.05) is 6.08 Å². The smallest absolute Gasteiger partial charge is 0.206 e. The zero-order valence-corrected chi connectivity index (χ0v) is 14.1. The van der Waals surface area contributed by atoms with E-state index in [2.05, 4.69) is 41.8 Å². The minimum absolute atomic E-state index is 0.00121. The fourth-order valence-corrected chi connectivity index (χ4v) is 4.42. The average Bonchev–Trinajstić information content (AvgIpc) is 2.62. The van der Waals surface area contributed by atoms with Crippen LogP contribution in [0.3, 0.4) is 0 Å². The van der Waals surface area contributed by atoms with E-state index < -0.39 is 0 Å². The first-order chi connectivity index (χ1) is 12.1. The number of ketones is 2. The number of nitrogens with one attached hydrogen (secondary N) is 1. The summed E-state index contributed by atoms with van der Waals surface area (Å²) >= 11 is 0. The van der Waals surface area contributed by atoms with Crippen LogP contribution in [0.4, 0.5) is 0 Å². The summed E-state index contributed by atoms with van der Waals surface area (Å²) in [5.74, 6) is 0.343. The molecule has 2 unspecified atom stereocenters. The molecule has 6 rings (SSSR count). The lowest BCUT2D eigenvalue weighted by atomic mass is 9.58. The molecule has 0 amide bonds. The van der Waals surface area contributed by atoms with Crippen molar-refractivity contribution in [2.45, 2.75) is 19.8 Å². The monoisotopic (exact) mass is 329 g/mol. The summed E-state index contributed by atoms with van der Waals surface area (Å²) in [6.45, 7) is 2.35. The minimum Gasteiger partial charge on any atom is -0.377 e. The molecule has 2 atom stereocenters. The lowest BCUT2D eigenvalue weighted by Gasteiger charge is -2.44. The van der Waals surface area contributed by atoms with Crippen molar-refractivity contribution in [3.8, 4) is 0 Å². The second kappa shape index (κ2) is 5.16. The molecule has 25 heavy (non-hydrogen) atoms. The van der Waals surface area contributed by atoms with Crippen LogP contribution in [0.15, 0.2) is 81.7 Å². The second-order valence-electron chi connectivity index (χ2n) is 7.25. The Morgan fingerprint density at radius 1 is 1.08 bits per heavy atom. The summed E-state index contributed by atoms with van der Waals surface area (Å²) in [5, 5.41) is 3.26. The molecule has 0 radical (unpaired) electrons. The third-order valence-corrected chi connectivity index (χ3v) is 5.83. The number of rotatable bonds is 3. The van der Waals surface area contributed by atoms with E-state index in [0.717, 1.165) is 18.4 Å². The Kier molecular flexibility index (Phi) is 3.02. The molecular formula is C22H19NO2. The van der Waals surface area contributed by atoms with Gasteiger partial charge in [-0.2, -0.15) is 0 Å². The van der Waals surface area contributed by atoms with Gasteiger partial charge in [-0.25, -0.2) is 0 Å². The maximum atomic E-state index is 13.2. The third kappa shape index (κ3) is 1.98.